The molecule has 0 unspecified atom stereocenters. The van der Waals surface area contributed by atoms with Crippen molar-refractivity contribution >= 4 is 33.0 Å². The minimum Gasteiger partial charge on any atom is -0.296 e. The first-order chi connectivity index (χ1) is 7.99. The van der Waals surface area contributed by atoms with Gasteiger partial charge in [-0.1, -0.05) is 16.8 Å². The second kappa shape index (κ2) is 4.61. The van der Waals surface area contributed by atoms with E-state index in [-0.39, 0.29) is 21.6 Å². The van der Waals surface area contributed by atoms with E-state index in [0.29, 0.717) is 0 Å². The van der Waals surface area contributed by atoms with Gasteiger partial charge in [-0.3, -0.25) is 9.51 Å². The molecule has 0 fully saturated rings. The fourth-order valence-electron chi connectivity index (χ4n) is 1.04. The maximum absolute atomic E-state index is 11.8. The summed E-state index contributed by atoms with van der Waals surface area (Å²) in [5.74, 6) is -0.653. The molecule has 0 aliphatic carbocycles. The highest BCUT2D eigenvalue weighted by atomic mass is 35.5. The molecule has 2 aromatic heterocycles. The molecule has 2 rings (SSSR count). The number of aromatic amines is 1. The molecule has 7 nitrogen and oxygen atoms in total. The van der Waals surface area contributed by atoms with E-state index in [1.807, 2.05) is 0 Å². The second-order valence-electron chi connectivity index (χ2n) is 2.92. The van der Waals surface area contributed by atoms with E-state index in [9.17, 15) is 13.2 Å². The number of thiophene rings is 1. The summed E-state index contributed by atoms with van der Waals surface area (Å²) < 4.78 is 30.0. The number of sulfonamides is 1. The molecular formula is C7H6ClN3O4S2. The van der Waals surface area contributed by atoms with Gasteiger partial charge >= 0.3 is 5.76 Å². The topological polar surface area (TPSA) is 105 Å². The maximum atomic E-state index is 11.8. The van der Waals surface area contributed by atoms with Gasteiger partial charge in [-0.15, -0.1) is 11.3 Å². The third kappa shape index (κ3) is 2.75. The molecule has 0 aliphatic heterocycles. The maximum Gasteiger partial charge on any atom is 0.438 e. The summed E-state index contributed by atoms with van der Waals surface area (Å²) in [6, 6.07) is 1.48. The summed E-state index contributed by atoms with van der Waals surface area (Å²) in [5, 5.41) is 5.04. The van der Waals surface area contributed by atoms with Crippen molar-refractivity contribution in [2.45, 2.75) is 10.8 Å². The molecule has 0 amide bonds. The van der Waals surface area contributed by atoms with E-state index >= 15 is 0 Å². The van der Waals surface area contributed by atoms with Crippen molar-refractivity contribution in [2.75, 3.05) is 0 Å². The minimum atomic E-state index is -3.70. The summed E-state index contributed by atoms with van der Waals surface area (Å²) in [5.41, 5.74) is 0. The molecule has 2 aromatic rings. The molecule has 0 radical (unpaired) electrons. The van der Waals surface area contributed by atoms with Crippen molar-refractivity contribution in [1.29, 1.82) is 0 Å². The Bertz CT molecular complexity index is 671. The van der Waals surface area contributed by atoms with Crippen molar-refractivity contribution in [2.24, 2.45) is 0 Å². The van der Waals surface area contributed by atoms with Crippen LogP contribution >= 0.6 is 22.9 Å². The fraction of sp³-hybridized carbons (Fsp3) is 0.143. The number of hydrogen-bond donors (Lipinski definition) is 2. The largest absolute Gasteiger partial charge is 0.438 e. The van der Waals surface area contributed by atoms with Crippen LogP contribution in [-0.4, -0.2) is 18.6 Å². The fourth-order valence-corrected chi connectivity index (χ4v) is 3.75. The number of H-pyrrole nitrogens is 1. The molecule has 0 saturated heterocycles. The van der Waals surface area contributed by atoms with Gasteiger partial charge in [0.05, 0.1) is 11.6 Å². The molecule has 0 aromatic carbocycles. The van der Waals surface area contributed by atoms with Gasteiger partial charge in [0.1, 0.15) is 0 Å². The molecule has 0 bridgehead atoms. The Morgan fingerprint density at radius 3 is 2.88 bits per heavy atom. The third-order valence-electron chi connectivity index (χ3n) is 1.74. The van der Waals surface area contributed by atoms with Gasteiger partial charge < -0.3 is 0 Å². The molecule has 0 saturated carbocycles. The highest BCUT2D eigenvalue weighted by Gasteiger charge is 2.19. The van der Waals surface area contributed by atoms with E-state index in [2.05, 4.69) is 19.4 Å². The lowest BCUT2D eigenvalue weighted by molar-refractivity contribution is 0.380. The van der Waals surface area contributed by atoms with Crippen LogP contribution in [0.3, 0.4) is 0 Å². The lowest BCUT2D eigenvalue weighted by Gasteiger charge is -2.02. The Morgan fingerprint density at radius 1 is 1.59 bits per heavy atom. The van der Waals surface area contributed by atoms with Gasteiger partial charge in [0, 0.05) is 0 Å². The molecule has 10 heteroatoms. The minimum absolute atomic E-state index is 0.0185. The zero-order valence-electron chi connectivity index (χ0n) is 8.14. The van der Waals surface area contributed by atoms with Crippen LogP contribution in [0.25, 0.3) is 0 Å². The predicted molar refractivity (Wildman–Crippen MR) is 60.5 cm³/mol. The number of halogens is 1. The second-order valence-corrected chi connectivity index (χ2v) is 6.21. The van der Waals surface area contributed by atoms with Gasteiger partial charge in [0.2, 0.25) is 0 Å². The molecule has 2 heterocycles. The normalized spacial score (nSPS) is 11.8. The molecule has 0 aliphatic rings. The van der Waals surface area contributed by atoms with Crippen LogP contribution in [0.4, 0.5) is 0 Å². The van der Waals surface area contributed by atoms with Gasteiger partial charge in [0.25, 0.3) is 10.0 Å². The van der Waals surface area contributed by atoms with Gasteiger partial charge in [-0.05, 0) is 11.4 Å². The molecule has 17 heavy (non-hydrogen) atoms. The van der Waals surface area contributed by atoms with Crippen LogP contribution in [0, 0.1) is 0 Å². The highest BCUT2D eigenvalue weighted by Crippen LogP contribution is 2.26. The average Bonchev–Trinajstić information content (AvgIpc) is 2.85. The lowest BCUT2D eigenvalue weighted by Crippen LogP contribution is -2.23. The van der Waals surface area contributed by atoms with Gasteiger partial charge in [-0.2, -0.15) is 0 Å². The van der Waals surface area contributed by atoms with Crippen LogP contribution in [0.15, 0.2) is 25.0 Å². The van der Waals surface area contributed by atoms with Gasteiger partial charge in [-0.25, -0.2) is 17.9 Å². The molecular weight excluding hydrogens is 290 g/mol. The summed E-state index contributed by atoms with van der Waals surface area (Å²) in [4.78, 5) is 12.8. The van der Waals surface area contributed by atoms with Crippen LogP contribution < -0.4 is 10.5 Å². The van der Waals surface area contributed by atoms with E-state index in [1.54, 1.807) is 5.38 Å². The zero-order valence-corrected chi connectivity index (χ0v) is 10.5. The van der Waals surface area contributed by atoms with E-state index in [1.165, 1.54) is 6.07 Å². The number of aromatic nitrogens is 2. The predicted octanol–water partition coefficient (Wildman–Crippen LogP) is 0.556. The average molecular weight is 296 g/mol. The Labute approximate surface area is 104 Å². The first kappa shape index (κ1) is 12.3. The monoisotopic (exact) mass is 295 g/mol. The van der Waals surface area contributed by atoms with Gasteiger partial charge in [0.15, 0.2) is 10.0 Å². The van der Waals surface area contributed by atoms with Crippen molar-refractivity contribution < 1.29 is 12.9 Å². The van der Waals surface area contributed by atoms with Crippen LogP contribution in [0.5, 0.6) is 0 Å². The van der Waals surface area contributed by atoms with Crippen molar-refractivity contribution in [3.63, 3.8) is 0 Å². The molecule has 2 N–H and O–H groups in total. The quantitative estimate of drug-likeness (QED) is 0.857. The van der Waals surface area contributed by atoms with Crippen LogP contribution in [0.1, 0.15) is 5.82 Å². The van der Waals surface area contributed by atoms with Crippen molar-refractivity contribution in [1.82, 2.24) is 14.9 Å². The third-order valence-corrected chi connectivity index (χ3v) is 5.17. The summed E-state index contributed by atoms with van der Waals surface area (Å²) in [6.07, 6.45) is 0. The van der Waals surface area contributed by atoms with E-state index < -0.39 is 15.8 Å². The Balaban J connectivity index is 2.14. The zero-order chi connectivity index (χ0) is 12.5. The smallest absolute Gasteiger partial charge is 0.296 e. The van der Waals surface area contributed by atoms with Crippen molar-refractivity contribution in [3.8, 4) is 0 Å². The number of nitrogens with one attached hydrogen (secondary N) is 2. The number of rotatable bonds is 4. The first-order valence-electron chi connectivity index (χ1n) is 4.26. The Kier molecular flexibility index (Phi) is 3.33. The summed E-state index contributed by atoms with van der Waals surface area (Å²) in [7, 11) is -3.70. The van der Waals surface area contributed by atoms with E-state index in [0.717, 1.165) is 11.3 Å². The molecule has 0 spiro atoms. The Hall–Kier alpha value is -1.16. The van der Waals surface area contributed by atoms with Crippen LogP contribution in [0.2, 0.25) is 5.02 Å². The van der Waals surface area contributed by atoms with E-state index in [4.69, 9.17) is 11.6 Å². The number of hydrogen-bond acceptors (Lipinski definition) is 6. The summed E-state index contributed by atoms with van der Waals surface area (Å²) >= 11 is 6.71. The SMILES string of the molecule is O=c1[nH]c(CNS(=O)(=O)c2sccc2Cl)no1. The number of nitrogens with zero attached hydrogens (tertiary/aromatic N) is 1. The lowest BCUT2D eigenvalue weighted by atomic mass is 10.6. The standard InChI is InChI=1S/C7H6ClN3O4S2/c8-4-1-2-16-6(4)17(13,14)9-3-5-10-7(12)15-11-5/h1-2,9H,3H2,(H,10,11,12). The van der Waals surface area contributed by atoms with Crippen LogP contribution in [-0.2, 0) is 16.6 Å². The molecule has 92 valence electrons. The Morgan fingerprint density at radius 2 is 2.35 bits per heavy atom. The first-order valence-corrected chi connectivity index (χ1v) is 7.00. The highest BCUT2D eigenvalue weighted by molar-refractivity contribution is 7.91. The van der Waals surface area contributed by atoms with Crippen molar-refractivity contribution in [3.05, 3.63) is 32.8 Å². The summed E-state index contributed by atoms with van der Waals surface area (Å²) in [6.45, 7) is -0.178. The molecule has 0 atom stereocenters.